The largest absolute Gasteiger partial charge is 0.338 e. The number of rotatable bonds is 2. The van der Waals surface area contributed by atoms with Crippen LogP contribution in [0.4, 0.5) is 9.18 Å². The van der Waals surface area contributed by atoms with E-state index in [1.165, 1.54) is 16.8 Å². The molecule has 0 spiro atoms. The van der Waals surface area contributed by atoms with Gasteiger partial charge >= 0.3 is 11.7 Å². The second-order valence-electron chi connectivity index (χ2n) is 6.42. The molecule has 0 radical (unpaired) electrons. The molecule has 7 nitrogen and oxygen atoms in total. The standard InChI is InChI=1S/C18H18FN5O2/c1-22-16-14(24(17(22)25)18(26)23-8-4-5-9-23)11-20-15(21-16)10-12-6-2-3-7-13(12)19/h2-3,6-7,11H,4-5,8-10H2,1H3. The van der Waals surface area contributed by atoms with Crippen molar-refractivity contribution in [2.24, 2.45) is 7.05 Å². The molecule has 1 aromatic carbocycles. The van der Waals surface area contributed by atoms with Crippen molar-refractivity contribution in [1.29, 1.82) is 0 Å². The van der Waals surface area contributed by atoms with Crippen molar-refractivity contribution < 1.29 is 9.18 Å². The highest BCUT2D eigenvalue weighted by Gasteiger charge is 2.25. The zero-order valence-electron chi connectivity index (χ0n) is 14.4. The van der Waals surface area contributed by atoms with Crippen LogP contribution in [-0.2, 0) is 13.5 Å². The summed E-state index contributed by atoms with van der Waals surface area (Å²) in [7, 11) is 1.57. The van der Waals surface area contributed by atoms with E-state index >= 15 is 0 Å². The maximum absolute atomic E-state index is 13.9. The lowest BCUT2D eigenvalue weighted by Crippen LogP contribution is -2.38. The first-order chi connectivity index (χ1) is 12.6. The van der Waals surface area contributed by atoms with Gasteiger partial charge in [0, 0.05) is 26.6 Å². The van der Waals surface area contributed by atoms with Gasteiger partial charge in [-0.3, -0.25) is 4.57 Å². The highest BCUT2D eigenvalue weighted by molar-refractivity contribution is 5.87. The summed E-state index contributed by atoms with van der Waals surface area (Å²) in [6, 6.07) is 6.08. The maximum atomic E-state index is 13.9. The molecule has 4 rings (SSSR count). The zero-order chi connectivity index (χ0) is 18.3. The smallest absolute Gasteiger partial charge is 0.324 e. The van der Waals surface area contributed by atoms with Crippen LogP contribution in [0.1, 0.15) is 24.2 Å². The fourth-order valence-electron chi connectivity index (χ4n) is 3.28. The number of fused-ring (bicyclic) bond motifs is 1. The number of carbonyl (C=O) groups is 1. The quantitative estimate of drug-likeness (QED) is 0.704. The molecule has 0 aliphatic carbocycles. The van der Waals surface area contributed by atoms with Crippen LogP contribution in [0.5, 0.6) is 0 Å². The van der Waals surface area contributed by atoms with E-state index in [-0.39, 0.29) is 18.3 Å². The van der Waals surface area contributed by atoms with Gasteiger partial charge < -0.3 is 4.90 Å². The predicted octanol–water partition coefficient (Wildman–Crippen LogP) is 1.92. The van der Waals surface area contributed by atoms with Crippen molar-refractivity contribution in [2.75, 3.05) is 13.1 Å². The maximum Gasteiger partial charge on any atom is 0.338 e. The number of hydrogen-bond donors (Lipinski definition) is 0. The third-order valence-electron chi connectivity index (χ3n) is 4.71. The molecular weight excluding hydrogens is 337 g/mol. The first-order valence-corrected chi connectivity index (χ1v) is 8.52. The first-order valence-electron chi connectivity index (χ1n) is 8.52. The lowest BCUT2D eigenvalue weighted by molar-refractivity contribution is 0.210. The van der Waals surface area contributed by atoms with Gasteiger partial charge in [0.25, 0.3) is 0 Å². The molecular formula is C18H18FN5O2. The average Bonchev–Trinajstić information content (AvgIpc) is 3.25. The van der Waals surface area contributed by atoms with Crippen molar-refractivity contribution in [3.8, 4) is 0 Å². The minimum atomic E-state index is -0.450. The third kappa shape index (κ3) is 2.67. The Bertz CT molecular complexity index is 1050. The Hall–Kier alpha value is -3.03. The van der Waals surface area contributed by atoms with Gasteiger partial charge in [-0.15, -0.1) is 0 Å². The molecule has 1 aliphatic rings. The Morgan fingerprint density at radius 1 is 1.23 bits per heavy atom. The molecule has 8 heteroatoms. The minimum absolute atomic E-state index is 0.210. The van der Waals surface area contributed by atoms with Gasteiger partial charge in [0.2, 0.25) is 0 Å². The van der Waals surface area contributed by atoms with Crippen LogP contribution in [0.2, 0.25) is 0 Å². The van der Waals surface area contributed by atoms with Gasteiger partial charge in [-0.05, 0) is 24.5 Å². The number of likely N-dealkylation sites (tertiary alicyclic amines) is 1. The molecule has 3 heterocycles. The topological polar surface area (TPSA) is 73.0 Å². The van der Waals surface area contributed by atoms with Gasteiger partial charge in [-0.1, -0.05) is 18.2 Å². The Kier molecular flexibility index (Phi) is 4.02. The summed E-state index contributed by atoms with van der Waals surface area (Å²) in [5.41, 5.74) is 0.759. The molecule has 0 atom stereocenters. The molecule has 1 amide bonds. The number of amides is 1. The average molecular weight is 355 g/mol. The molecule has 0 bridgehead atoms. The van der Waals surface area contributed by atoms with Crippen LogP contribution in [-0.4, -0.2) is 43.1 Å². The number of halogens is 1. The van der Waals surface area contributed by atoms with Gasteiger partial charge in [0.1, 0.15) is 17.2 Å². The van der Waals surface area contributed by atoms with Crippen molar-refractivity contribution in [3.05, 3.63) is 58.2 Å². The van der Waals surface area contributed by atoms with E-state index in [0.717, 1.165) is 17.4 Å². The minimum Gasteiger partial charge on any atom is -0.324 e. The number of aryl methyl sites for hydroxylation is 1. The summed E-state index contributed by atoms with van der Waals surface area (Å²) >= 11 is 0. The first kappa shape index (κ1) is 16.4. The van der Waals surface area contributed by atoms with Gasteiger partial charge in [-0.25, -0.2) is 28.5 Å². The summed E-state index contributed by atoms with van der Waals surface area (Å²) < 4.78 is 16.3. The number of benzene rings is 1. The Morgan fingerprint density at radius 3 is 2.69 bits per heavy atom. The van der Waals surface area contributed by atoms with Gasteiger partial charge in [-0.2, -0.15) is 0 Å². The molecule has 0 saturated carbocycles. The normalized spacial score (nSPS) is 14.3. The highest BCUT2D eigenvalue weighted by Crippen LogP contribution is 2.16. The molecule has 134 valence electrons. The van der Waals surface area contributed by atoms with Crippen LogP contribution in [0.25, 0.3) is 11.2 Å². The van der Waals surface area contributed by atoms with Crippen LogP contribution in [0, 0.1) is 5.82 Å². The summed E-state index contributed by atoms with van der Waals surface area (Å²) in [5, 5.41) is 0. The van der Waals surface area contributed by atoms with E-state index in [0.29, 0.717) is 35.6 Å². The summed E-state index contributed by atoms with van der Waals surface area (Å²) in [4.78, 5) is 35.5. The van der Waals surface area contributed by atoms with Crippen LogP contribution in [0.15, 0.2) is 35.3 Å². The number of imidazole rings is 1. The van der Waals surface area contributed by atoms with Gasteiger partial charge in [0.15, 0.2) is 5.65 Å². The predicted molar refractivity (Wildman–Crippen MR) is 93.6 cm³/mol. The molecule has 1 saturated heterocycles. The monoisotopic (exact) mass is 355 g/mol. The van der Waals surface area contributed by atoms with Crippen molar-refractivity contribution in [1.82, 2.24) is 24.0 Å². The fourth-order valence-corrected chi connectivity index (χ4v) is 3.28. The summed E-state index contributed by atoms with van der Waals surface area (Å²) in [6.07, 6.45) is 3.55. The Balaban J connectivity index is 1.75. The van der Waals surface area contributed by atoms with E-state index < -0.39 is 5.69 Å². The summed E-state index contributed by atoms with van der Waals surface area (Å²) in [6.45, 7) is 1.29. The fraction of sp³-hybridized carbons (Fsp3) is 0.333. The molecule has 3 aromatic rings. The second kappa shape index (κ2) is 6.36. The third-order valence-corrected chi connectivity index (χ3v) is 4.71. The molecule has 0 N–H and O–H groups in total. The highest BCUT2D eigenvalue weighted by atomic mass is 19.1. The number of hydrogen-bond acceptors (Lipinski definition) is 4. The number of aromatic nitrogens is 4. The van der Waals surface area contributed by atoms with E-state index in [4.69, 9.17) is 0 Å². The lowest BCUT2D eigenvalue weighted by Gasteiger charge is -2.14. The SMILES string of the molecule is Cn1c(=O)n(C(=O)N2CCCC2)c2cnc(Cc3ccccc3F)nc21. The molecule has 1 fully saturated rings. The van der Waals surface area contributed by atoms with E-state index in [1.807, 2.05) is 0 Å². The van der Waals surface area contributed by atoms with Crippen LogP contribution >= 0.6 is 0 Å². The van der Waals surface area contributed by atoms with Crippen molar-refractivity contribution in [2.45, 2.75) is 19.3 Å². The second-order valence-corrected chi connectivity index (χ2v) is 6.42. The van der Waals surface area contributed by atoms with Crippen LogP contribution < -0.4 is 5.69 Å². The Labute approximate surface area is 148 Å². The lowest BCUT2D eigenvalue weighted by atomic mass is 10.1. The summed E-state index contributed by atoms with van der Waals surface area (Å²) in [5.74, 6) is 0.0656. The van der Waals surface area contributed by atoms with Gasteiger partial charge in [0.05, 0.1) is 6.20 Å². The molecule has 0 unspecified atom stereocenters. The number of nitrogens with zero attached hydrogens (tertiary/aromatic N) is 5. The molecule has 1 aliphatic heterocycles. The van der Waals surface area contributed by atoms with Crippen molar-refractivity contribution >= 4 is 17.2 Å². The Morgan fingerprint density at radius 2 is 1.96 bits per heavy atom. The molecule has 2 aromatic heterocycles. The number of carbonyl (C=O) groups excluding carboxylic acids is 1. The van der Waals surface area contributed by atoms with Crippen molar-refractivity contribution in [3.63, 3.8) is 0 Å². The van der Waals surface area contributed by atoms with Crippen LogP contribution in [0.3, 0.4) is 0 Å². The molecule has 26 heavy (non-hydrogen) atoms. The van der Waals surface area contributed by atoms with E-state index in [2.05, 4.69) is 9.97 Å². The van der Waals surface area contributed by atoms with E-state index in [1.54, 1.807) is 30.1 Å². The van der Waals surface area contributed by atoms with E-state index in [9.17, 15) is 14.0 Å². The zero-order valence-corrected chi connectivity index (χ0v) is 14.4.